The van der Waals surface area contributed by atoms with E-state index in [1.165, 1.54) is 6.42 Å². The van der Waals surface area contributed by atoms with Crippen LogP contribution < -0.4 is 4.90 Å². The molecule has 4 nitrogen and oxygen atoms in total. The van der Waals surface area contributed by atoms with E-state index < -0.39 is 0 Å². The Morgan fingerprint density at radius 3 is 2.67 bits per heavy atom. The lowest BCUT2D eigenvalue weighted by Crippen LogP contribution is -2.62. The van der Waals surface area contributed by atoms with Crippen LogP contribution in [0, 0.1) is 0 Å². The average Bonchev–Trinajstić information content (AvgIpc) is 2.39. The number of anilines is 1. The van der Waals surface area contributed by atoms with E-state index in [4.69, 9.17) is 9.72 Å². The second-order valence-corrected chi connectivity index (χ2v) is 5.67. The topological polar surface area (TPSA) is 38.2 Å². The van der Waals surface area contributed by atoms with E-state index in [0.29, 0.717) is 11.5 Å². The summed E-state index contributed by atoms with van der Waals surface area (Å²) in [5, 5.41) is 0. The quantitative estimate of drug-likeness (QED) is 0.804. The fourth-order valence-electron chi connectivity index (χ4n) is 2.96. The number of hydrogen-bond acceptors (Lipinski definition) is 4. The van der Waals surface area contributed by atoms with E-state index in [2.05, 4.69) is 23.7 Å². The van der Waals surface area contributed by atoms with Crippen LogP contribution in [0.3, 0.4) is 0 Å². The van der Waals surface area contributed by atoms with Gasteiger partial charge in [0, 0.05) is 37.4 Å². The van der Waals surface area contributed by atoms with Gasteiger partial charge < -0.3 is 9.64 Å². The van der Waals surface area contributed by atoms with Crippen molar-refractivity contribution in [2.45, 2.75) is 44.6 Å². The Kier molecular flexibility index (Phi) is 2.98. The molecule has 98 valence electrons. The number of aromatic nitrogens is 2. The van der Waals surface area contributed by atoms with Gasteiger partial charge in [-0.05, 0) is 25.3 Å². The Morgan fingerprint density at radius 1 is 1.28 bits per heavy atom. The molecular weight excluding hydrogens is 226 g/mol. The summed E-state index contributed by atoms with van der Waals surface area (Å²) in [6.07, 6.45) is 5.43. The van der Waals surface area contributed by atoms with Crippen molar-refractivity contribution < 1.29 is 4.74 Å². The fraction of sp³-hybridized carbons (Fsp3) is 0.714. The molecule has 0 aromatic carbocycles. The maximum atomic E-state index is 5.49. The second-order valence-electron chi connectivity index (χ2n) is 5.67. The van der Waals surface area contributed by atoms with Gasteiger partial charge in [0.25, 0.3) is 0 Å². The molecule has 0 aliphatic carbocycles. The summed E-state index contributed by atoms with van der Waals surface area (Å²) in [6.45, 7) is 7.17. The number of nitrogens with zero attached hydrogens (tertiary/aromatic N) is 3. The van der Waals surface area contributed by atoms with Gasteiger partial charge in [-0.3, -0.25) is 0 Å². The van der Waals surface area contributed by atoms with Crippen LogP contribution in [0.15, 0.2) is 12.3 Å². The zero-order chi connectivity index (χ0) is 12.6. The van der Waals surface area contributed by atoms with Crippen LogP contribution in [-0.4, -0.2) is 35.3 Å². The molecule has 3 heterocycles. The van der Waals surface area contributed by atoms with Gasteiger partial charge in [0.05, 0.1) is 0 Å². The predicted molar refractivity (Wildman–Crippen MR) is 70.9 cm³/mol. The first kappa shape index (κ1) is 11.9. The van der Waals surface area contributed by atoms with Crippen molar-refractivity contribution >= 4 is 5.82 Å². The maximum absolute atomic E-state index is 5.49. The number of ether oxygens (including phenoxy) is 1. The SMILES string of the molecule is CC(C)c1nccc(N2CCC23CCOCC3)n1. The Labute approximate surface area is 108 Å². The molecule has 0 bridgehead atoms. The summed E-state index contributed by atoms with van der Waals surface area (Å²) in [5.41, 5.74) is 0.320. The molecule has 1 spiro atoms. The molecule has 2 fully saturated rings. The molecule has 0 unspecified atom stereocenters. The van der Waals surface area contributed by atoms with Crippen molar-refractivity contribution in [3.63, 3.8) is 0 Å². The largest absolute Gasteiger partial charge is 0.381 e. The van der Waals surface area contributed by atoms with E-state index in [0.717, 1.165) is 44.2 Å². The average molecular weight is 247 g/mol. The van der Waals surface area contributed by atoms with E-state index in [-0.39, 0.29) is 0 Å². The summed E-state index contributed by atoms with van der Waals surface area (Å²) in [4.78, 5) is 11.5. The molecular formula is C14H21N3O. The maximum Gasteiger partial charge on any atom is 0.133 e. The van der Waals surface area contributed by atoms with Crippen LogP contribution in [0.25, 0.3) is 0 Å². The minimum absolute atomic E-state index is 0.320. The first-order valence-corrected chi connectivity index (χ1v) is 6.90. The fourth-order valence-corrected chi connectivity index (χ4v) is 2.96. The molecule has 0 saturated carbocycles. The van der Waals surface area contributed by atoms with Crippen molar-refractivity contribution in [2.24, 2.45) is 0 Å². The molecule has 0 N–H and O–H groups in total. The Morgan fingerprint density at radius 2 is 2.06 bits per heavy atom. The number of hydrogen-bond donors (Lipinski definition) is 0. The van der Waals surface area contributed by atoms with Gasteiger partial charge in [0.2, 0.25) is 0 Å². The first-order valence-electron chi connectivity index (χ1n) is 6.90. The number of rotatable bonds is 2. The monoisotopic (exact) mass is 247 g/mol. The van der Waals surface area contributed by atoms with Crippen LogP contribution in [0.5, 0.6) is 0 Å². The summed E-state index contributed by atoms with van der Waals surface area (Å²) in [5.74, 6) is 2.43. The third-order valence-corrected chi connectivity index (χ3v) is 4.25. The van der Waals surface area contributed by atoms with Crippen LogP contribution in [-0.2, 0) is 4.74 Å². The summed E-state index contributed by atoms with van der Waals surface area (Å²) in [6, 6.07) is 2.04. The van der Waals surface area contributed by atoms with Crippen molar-refractivity contribution in [2.75, 3.05) is 24.7 Å². The lowest BCUT2D eigenvalue weighted by Gasteiger charge is -2.55. The molecule has 1 aromatic rings. The third kappa shape index (κ3) is 1.88. The highest BCUT2D eigenvalue weighted by Crippen LogP contribution is 2.41. The predicted octanol–water partition coefficient (Wildman–Crippen LogP) is 2.36. The summed E-state index contributed by atoms with van der Waals surface area (Å²) < 4.78 is 5.49. The van der Waals surface area contributed by atoms with Crippen LogP contribution in [0.4, 0.5) is 5.82 Å². The molecule has 0 radical (unpaired) electrons. The molecule has 0 atom stereocenters. The van der Waals surface area contributed by atoms with Crippen LogP contribution >= 0.6 is 0 Å². The summed E-state index contributed by atoms with van der Waals surface area (Å²) in [7, 11) is 0. The van der Waals surface area contributed by atoms with E-state index in [1.54, 1.807) is 0 Å². The molecule has 2 aliphatic heterocycles. The van der Waals surface area contributed by atoms with Crippen LogP contribution in [0.1, 0.15) is 44.9 Å². The minimum atomic E-state index is 0.320. The van der Waals surface area contributed by atoms with Gasteiger partial charge in [0.1, 0.15) is 11.6 Å². The van der Waals surface area contributed by atoms with Gasteiger partial charge in [-0.1, -0.05) is 13.8 Å². The van der Waals surface area contributed by atoms with E-state index >= 15 is 0 Å². The lowest BCUT2D eigenvalue weighted by molar-refractivity contribution is 0.0284. The van der Waals surface area contributed by atoms with Gasteiger partial charge >= 0.3 is 0 Å². The van der Waals surface area contributed by atoms with Crippen molar-refractivity contribution in [1.29, 1.82) is 0 Å². The first-order chi connectivity index (χ1) is 8.71. The van der Waals surface area contributed by atoms with Crippen molar-refractivity contribution in [1.82, 2.24) is 9.97 Å². The smallest absolute Gasteiger partial charge is 0.133 e. The molecule has 1 aromatic heterocycles. The molecule has 4 heteroatoms. The summed E-state index contributed by atoms with van der Waals surface area (Å²) >= 11 is 0. The van der Waals surface area contributed by atoms with Gasteiger partial charge in [-0.25, -0.2) is 9.97 Å². The Balaban J connectivity index is 1.84. The van der Waals surface area contributed by atoms with E-state index in [1.807, 2.05) is 12.3 Å². The standard InChI is InChI=1S/C14H21N3O/c1-11(2)13-15-7-3-12(16-13)17-8-4-14(17)5-9-18-10-6-14/h3,7,11H,4-6,8-10H2,1-2H3. The zero-order valence-corrected chi connectivity index (χ0v) is 11.2. The normalized spacial score (nSPS) is 22.3. The molecule has 2 aliphatic rings. The minimum Gasteiger partial charge on any atom is -0.381 e. The van der Waals surface area contributed by atoms with Gasteiger partial charge in [-0.15, -0.1) is 0 Å². The highest BCUT2D eigenvalue weighted by atomic mass is 16.5. The van der Waals surface area contributed by atoms with Crippen molar-refractivity contribution in [3.05, 3.63) is 18.1 Å². The Hall–Kier alpha value is -1.16. The third-order valence-electron chi connectivity index (χ3n) is 4.25. The van der Waals surface area contributed by atoms with Crippen LogP contribution in [0.2, 0.25) is 0 Å². The molecule has 18 heavy (non-hydrogen) atoms. The van der Waals surface area contributed by atoms with Crippen molar-refractivity contribution in [3.8, 4) is 0 Å². The molecule has 0 amide bonds. The van der Waals surface area contributed by atoms with Gasteiger partial charge in [-0.2, -0.15) is 0 Å². The Bertz CT molecular complexity index is 427. The van der Waals surface area contributed by atoms with E-state index in [9.17, 15) is 0 Å². The lowest BCUT2D eigenvalue weighted by atomic mass is 9.78. The molecule has 2 saturated heterocycles. The zero-order valence-electron chi connectivity index (χ0n) is 11.2. The van der Waals surface area contributed by atoms with Gasteiger partial charge in [0.15, 0.2) is 0 Å². The second kappa shape index (κ2) is 4.50. The highest BCUT2D eigenvalue weighted by Gasteiger charge is 2.46. The highest BCUT2D eigenvalue weighted by molar-refractivity contribution is 5.46. The molecule has 3 rings (SSSR count).